The van der Waals surface area contributed by atoms with Crippen LogP contribution in [0.2, 0.25) is 0 Å². The number of hydrogen-bond donors (Lipinski definition) is 2. The van der Waals surface area contributed by atoms with Crippen molar-refractivity contribution in [2.24, 2.45) is 10.7 Å². The number of nitrogens with two attached hydrogens (primary N) is 1. The maximum Gasteiger partial charge on any atom is 0.147 e. The average Bonchev–Trinajstić information content (AvgIpc) is 2.36. The molecule has 0 radical (unpaired) electrons. The molecule has 3 heteroatoms. The zero-order valence-corrected chi connectivity index (χ0v) is 6.46. The van der Waals surface area contributed by atoms with Crippen LogP contribution in [0.15, 0.2) is 17.3 Å². The van der Waals surface area contributed by atoms with Crippen LogP contribution in [0.4, 0.5) is 0 Å². The van der Waals surface area contributed by atoms with Gasteiger partial charge in [-0.2, -0.15) is 0 Å². The van der Waals surface area contributed by atoms with Gasteiger partial charge in [0.25, 0.3) is 0 Å². The molecule has 0 aromatic carbocycles. The lowest BCUT2D eigenvalue weighted by molar-refractivity contribution is 1.25. The summed E-state index contributed by atoms with van der Waals surface area (Å²) in [6, 6.07) is 1.85. The van der Waals surface area contributed by atoms with Crippen LogP contribution in [0, 0.1) is 0 Å². The average molecular weight is 149 g/mol. The van der Waals surface area contributed by atoms with Crippen molar-refractivity contribution >= 4 is 18.6 Å². The Labute approximate surface area is 65.0 Å². The number of aromatic amines is 1. The van der Waals surface area contributed by atoms with Gasteiger partial charge in [-0.3, -0.25) is 0 Å². The third-order valence-corrected chi connectivity index (χ3v) is 1.36. The van der Waals surface area contributed by atoms with Crippen molar-refractivity contribution < 1.29 is 0 Å². The fraction of sp³-hybridized carbons (Fsp3) is 0.125. The smallest absolute Gasteiger partial charge is 0.147 e. The summed E-state index contributed by atoms with van der Waals surface area (Å²) in [5, 5.41) is 1.66. The van der Waals surface area contributed by atoms with Gasteiger partial charge in [-0.25, -0.2) is 4.99 Å². The Morgan fingerprint density at radius 1 is 1.82 bits per heavy atom. The number of rotatable bonds is 1. The zero-order valence-electron chi connectivity index (χ0n) is 6.46. The Hall–Kier alpha value is -1.51. The molecule has 0 bridgehead atoms. The largest absolute Gasteiger partial charge is 0.382 e. The molecule has 0 unspecified atom stereocenters. The molecule has 0 atom stereocenters. The molecule has 3 N–H and O–H groups in total. The fourth-order valence-corrected chi connectivity index (χ4v) is 0.844. The normalized spacial score (nSPS) is 13.9. The molecule has 0 aliphatic rings. The lowest BCUT2D eigenvalue weighted by atomic mass is 10.4. The molecular weight excluding hydrogens is 138 g/mol. The van der Waals surface area contributed by atoms with Crippen molar-refractivity contribution in [3.05, 3.63) is 22.8 Å². The van der Waals surface area contributed by atoms with E-state index in [0.29, 0.717) is 5.82 Å². The fourth-order valence-electron chi connectivity index (χ4n) is 0.844. The molecule has 1 heterocycles. The predicted molar refractivity (Wildman–Crippen MR) is 47.3 cm³/mol. The summed E-state index contributed by atoms with van der Waals surface area (Å²) in [5.74, 6) is 0.475. The lowest BCUT2D eigenvalue weighted by Crippen LogP contribution is -2.26. The summed E-state index contributed by atoms with van der Waals surface area (Å²) in [5.41, 5.74) is 5.60. The maximum absolute atomic E-state index is 5.60. The number of aromatic nitrogens is 1. The van der Waals surface area contributed by atoms with Gasteiger partial charge in [-0.1, -0.05) is 6.58 Å². The van der Waals surface area contributed by atoms with Crippen LogP contribution in [-0.4, -0.2) is 11.2 Å². The van der Waals surface area contributed by atoms with Gasteiger partial charge in [0.15, 0.2) is 0 Å². The zero-order chi connectivity index (χ0) is 8.27. The molecule has 0 fully saturated rings. The van der Waals surface area contributed by atoms with Crippen LogP contribution in [0.3, 0.4) is 0 Å². The lowest BCUT2D eigenvalue weighted by Gasteiger charge is -1.87. The van der Waals surface area contributed by atoms with Crippen LogP contribution in [0.25, 0.3) is 12.4 Å². The first-order chi connectivity index (χ1) is 5.25. The Kier molecular flexibility index (Phi) is 2.11. The van der Waals surface area contributed by atoms with E-state index in [9.17, 15) is 0 Å². The number of nitrogens with zero attached hydrogens (tertiary/aromatic N) is 1. The second kappa shape index (κ2) is 3.05. The second-order valence-corrected chi connectivity index (χ2v) is 2.15. The number of nitrogens with one attached hydrogen (secondary N) is 1. The quantitative estimate of drug-likeness (QED) is 0.522. The molecule has 3 nitrogen and oxygen atoms in total. The molecule has 0 amide bonds. The molecule has 0 spiro atoms. The number of H-pyrrole nitrogens is 1. The predicted octanol–water partition coefficient (Wildman–Crippen LogP) is -0.460. The van der Waals surface area contributed by atoms with Gasteiger partial charge in [0, 0.05) is 12.4 Å². The SMILES string of the molecule is C=c1cc[nH]/c1=C(N)/N=C\C. The number of aliphatic imine (C=N–C) groups is 1. The first-order valence-electron chi connectivity index (χ1n) is 3.36. The van der Waals surface area contributed by atoms with E-state index in [1.54, 1.807) is 12.4 Å². The van der Waals surface area contributed by atoms with Gasteiger partial charge < -0.3 is 10.7 Å². The van der Waals surface area contributed by atoms with Gasteiger partial charge >= 0.3 is 0 Å². The Balaban J connectivity index is 3.38. The summed E-state index contributed by atoms with van der Waals surface area (Å²) < 4.78 is 0. The molecule has 0 saturated heterocycles. The highest BCUT2D eigenvalue weighted by Gasteiger charge is 1.87. The summed E-state index contributed by atoms with van der Waals surface area (Å²) in [4.78, 5) is 6.88. The van der Waals surface area contributed by atoms with E-state index in [2.05, 4.69) is 16.6 Å². The van der Waals surface area contributed by atoms with Crippen LogP contribution >= 0.6 is 0 Å². The molecular formula is C8H11N3. The van der Waals surface area contributed by atoms with Crippen molar-refractivity contribution in [1.82, 2.24) is 4.98 Å². The molecule has 1 aromatic rings. The summed E-state index contributed by atoms with van der Waals surface area (Å²) in [6.07, 6.45) is 3.44. The molecule has 1 rings (SSSR count). The van der Waals surface area contributed by atoms with Gasteiger partial charge in [0.1, 0.15) is 5.82 Å². The third kappa shape index (κ3) is 1.49. The van der Waals surface area contributed by atoms with Crippen molar-refractivity contribution in [2.45, 2.75) is 6.92 Å². The summed E-state index contributed by atoms with van der Waals surface area (Å²) in [6.45, 7) is 5.60. The highest BCUT2D eigenvalue weighted by atomic mass is 14.9. The monoisotopic (exact) mass is 149 g/mol. The minimum Gasteiger partial charge on any atom is -0.382 e. The van der Waals surface area contributed by atoms with Gasteiger partial charge in [-0.05, 0) is 18.2 Å². The highest BCUT2D eigenvalue weighted by Crippen LogP contribution is 1.77. The maximum atomic E-state index is 5.60. The first kappa shape index (κ1) is 7.60. The molecule has 58 valence electrons. The van der Waals surface area contributed by atoms with Crippen LogP contribution in [-0.2, 0) is 0 Å². The minimum absolute atomic E-state index is 0.475. The van der Waals surface area contributed by atoms with Gasteiger partial charge in [0.2, 0.25) is 0 Å². The topological polar surface area (TPSA) is 54.2 Å². The van der Waals surface area contributed by atoms with Crippen molar-refractivity contribution in [3.63, 3.8) is 0 Å². The van der Waals surface area contributed by atoms with Gasteiger partial charge in [-0.15, -0.1) is 0 Å². The van der Waals surface area contributed by atoms with Crippen LogP contribution < -0.4 is 16.3 Å². The Bertz CT molecular complexity index is 359. The number of hydrogen-bond acceptors (Lipinski definition) is 2. The van der Waals surface area contributed by atoms with E-state index < -0.39 is 0 Å². The van der Waals surface area contributed by atoms with E-state index in [0.717, 1.165) is 10.6 Å². The van der Waals surface area contributed by atoms with Crippen molar-refractivity contribution in [3.8, 4) is 0 Å². The van der Waals surface area contributed by atoms with Crippen LogP contribution in [0.1, 0.15) is 6.92 Å². The summed E-state index contributed by atoms with van der Waals surface area (Å²) >= 11 is 0. The summed E-state index contributed by atoms with van der Waals surface area (Å²) in [7, 11) is 0. The molecule has 0 aliphatic heterocycles. The van der Waals surface area contributed by atoms with E-state index in [-0.39, 0.29) is 0 Å². The van der Waals surface area contributed by atoms with E-state index >= 15 is 0 Å². The highest BCUT2D eigenvalue weighted by molar-refractivity contribution is 5.61. The Morgan fingerprint density at radius 3 is 3.00 bits per heavy atom. The van der Waals surface area contributed by atoms with E-state index in [4.69, 9.17) is 5.73 Å². The van der Waals surface area contributed by atoms with Crippen LogP contribution in [0.5, 0.6) is 0 Å². The standard InChI is InChI=1S/C8H11N3/c1-3-10-8(9)7-6(2)4-5-11-7/h3-5,11H,2,9H2,1H3/b8-7+,10-3-. The van der Waals surface area contributed by atoms with Crippen molar-refractivity contribution in [2.75, 3.05) is 0 Å². The van der Waals surface area contributed by atoms with Crippen molar-refractivity contribution in [1.29, 1.82) is 0 Å². The molecule has 1 aromatic heterocycles. The van der Waals surface area contributed by atoms with Gasteiger partial charge in [0.05, 0.1) is 5.35 Å². The minimum atomic E-state index is 0.475. The third-order valence-electron chi connectivity index (χ3n) is 1.36. The Morgan fingerprint density at radius 2 is 2.55 bits per heavy atom. The van der Waals surface area contributed by atoms with E-state index in [1.165, 1.54) is 0 Å². The van der Waals surface area contributed by atoms with E-state index in [1.807, 2.05) is 13.0 Å². The molecule has 0 saturated carbocycles. The first-order valence-corrected chi connectivity index (χ1v) is 3.36. The second-order valence-electron chi connectivity index (χ2n) is 2.15. The molecule has 11 heavy (non-hydrogen) atoms. The molecule has 0 aliphatic carbocycles.